The van der Waals surface area contributed by atoms with Crippen LogP contribution in [-0.4, -0.2) is 37.5 Å². The van der Waals surface area contributed by atoms with Crippen LogP contribution in [-0.2, 0) is 11.2 Å². The molecule has 0 saturated carbocycles. The zero-order chi connectivity index (χ0) is 13.9. The molecule has 1 unspecified atom stereocenters. The largest absolute Gasteiger partial charge is 0.389 e. The van der Waals surface area contributed by atoms with Crippen LogP contribution < -0.4 is 5.32 Å². The molecule has 0 spiro atoms. The number of hydrogen-bond donors (Lipinski definition) is 2. The van der Waals surface area contributed by atoms with Gasteiger partial charge in [0.15, 0.2) is 0 Å². The highest BCUT2D eigenvalue weighted by Crippen LogP contribution is 2.09. The quantitative estimate of drug-likeness (QED) is 0.650. The van der Waals surface area contributed by atoms with Crippen molar-refractivity contribution in [2.75, 3.05) is 26.3 Å². The van der Waals surface area contributed by atoms with E-state index < -0.39 is 6.10 Å². The summed E-state index contributed by atoms with van der Waals surface area (Å²) in [5, 5.41) is 13.7. The molecule has 0 aliphatic carbocycles. The molecule has 1 aromatic carbocycles. The Morgan fingerprint density at radius 3 is 2.74 bits per heavy atom. The predicted octanol–water partition coefficient (Wildman–Crippen LogP) is 2.65. The number of ether oxygens (including phenoxy) is 1. The smallest absolute Gasteiger partial charge is 0.0897 e. The average molecular weight is 286 g/mol. The number of nitrogens with one attached hydrogen (secondary N) is 1. The molecule has 4 heteroatoms. The topological polar surface area (TPSA) is 41.5 Å². The van der Waals surface area contributed by atoms with Crippen molar-refractivity contribution in [3.63, 3.8) is 0 Å². The number of benzene rings is 1. The number of unbranched alkanes of at least 4 members (excludes halogenated alkanes) is 1. The zero-order valence-corrected chi connectivity index (χ0v) is 12.3. The van der Waals surface area contributed by atoms with E-state index in [1.165, 1.54) is 5.56 Å². The van der Waals surface area contributed by atoms with Gasteiger partial charge in [-0.3, -0.25) is 0 Å². The zero-order valence-electron chi connectivity index (χ0n) is 11.6. The summed E-state index contributed by atoms with van der Waals surface area (Å²) >= 11 is 5.82. The molecule has 0 aromatic heterocycles. The Hall–Kier alpha value is -0.610. The molecular formula is C15H24ClNO2. The van der Waals surface area contributed by atoms with Gasteiger partial charge in [0.2, 0.25) is 0 Å². The van der Waals surface area contributed by atoms with Gasteiger partial charge in [-0.25, -0.2) is 0 Å². The molecule has 0 saturated heterocycles. The molecule has 108 valence electrons. The molecule has 19 heavy (non-hydrogen) atoms. The van der Waals surface area contributed by atoms with Crippen LogP contribution in [0.2, 0.25) is 5.02 Å². The van der Waals surface area contributed by atoms with Crippen molar-refractivity contribution in [2.24, 2.45) is 0 Å². The second kappa shape index (κ2) is 10.2. The van der Waals surface area contributed by atoms with Crippen LogP contribution in [0.3, 0.4) is 0 Å². The van der Waals surface area contributed by atoms with E-state index in [9.17, 15) is 5.11 Å². The number of aliphatic hydroxyl groups excluding tert-OH is 1. The molecule has 0 aliphatic rings. The fourth-order valence-corrected chi connectivity index (χ4v) is 1.80. The van der Waals surface area contributed by atoms with Crippen molar-refractivity contribution in [3.05, 3.63) is 34.9 Å². The van der Waals surface area contributed by atoms with E-state index in [4.69, 9.17) is 16.3 Å². The predicted molar refractivity (Wildman–Crippen MR) is 79.8 cm³/mol. The molecule has 3 nitrogen and oxygen atoms in total. The molecule has 1 atom stereocenters. The first-order chi connectivity index (χ1) is 9.22. The summed E-state index contributed by atoms with van der Waals surface area (Å²) in [4.78, 5) is 0. The third kappa shape index (κ3) is 8.22. The minimum absolute atomic E-state index is 0.411. The molecule has 1 rings (SSSR count). The summed E-state index contributed by atoms with van der Waals surface area (Å²) in [5.74, 6) is 0. The fourth-order valence-electron chi connectivity index (χ4n) is 1.68. The maximum atomic E-state index is 9.68. The molecule has 0 radical (unpaired) electrons. The molecule has 0 bridgehead atoms. The van der Waals surface area contributed by atoms with Gasteiger partial charge in [-0.05, 0) is 37.1 Å². The maximum Gasteiger partial charge on any atom is 0.0897 e. The Morgan fingerprint density at radius 1 is 1.32 bits per heavy atom. The highest BCUT2D eigenvalue weighted by Gasteiger charge is 2.03. The second-order valence-corrected chi connectivity index (χ2v) is 5.10. The van der Waals surface area contributed by atoms with Crippen molar-refractivity contribution >= 4 is 11.6 Å². The number of hydrogen-bond acceptors (Lipinski definition) is 3. The van der Waals surface area contributed by atoms with Crippen LogP contribution >= 0.6 is 11.6 Å². The molecule has 0 heterocycles. The number of rotatable bonds is 10. The Kier molecular flexibility index (Phi) is 8.84. The SMILES string of the molecule is CCCCOCC(O)CNCCc1ccc(Cl)cc1. The number of halogens is 1. The third-order valence-electron chi connectivity index (χ3n) is 2.84. The third-order valence-corrected chi connectivity index (χ3v) is 3.09. The normalized spacial score (nSPS) is 12.6. The first-order valence-corrected chi connectivity index (χ1v) is 7.31. The van der Waals surface area contributed by atoms with E-state index in [0.29, 0.717) is 13.2 Å². The summed E-state index contributed by atoms with van der Waals surface area (Å²) in [6.45, 7) is 4.68. The van der Waals surface area contributed by atoms with Crippen LogP contribution in [0.1, 0.15) is 25.3 Å². The molecule has 0 aliphatic heterocycles. The number of aliphatic hydroxyl groups is 1. The Bertz CT molecular complexity index is 329. The minimum atomic E-state index is -0.429. The Balaban J connectivity index is 2.02. The monoisotopic (exact) mass is 285 g/mol. The summed E-state index contributed by atoms with van der Waals surface area (Å²) < 4.78 is 5.36. The van der Waals surface area contributed by atoms with E-state index in [1.54, 1.807) is 0 Å². The van der Waals surface area contributed by atoms with Gasteiger partial charge in [0.1, 0.15) is 0 Å². The minimum Gasteiger partial charge on any atom is -0.389 e. The van der Waals surface area contributed by atoms with Crippen LogP contribution in [0.15, 0.2) is 24.3 Å². The summed E-state index contributed by atoms with van der Waals surface area (Å²) in [5.41, 5.74) is 1.24. The van der Waals surface area contributed by atoms with Crippen molar-refractivity contribution < 1.29 is 9.84 Å². The first-order valence-electron chi connectivity index (χ1n) is 6.93. The van der Waals surface area contributed by atoms with Crippen LogP contribution in [0.25, 0.3) is 0 Å². The van der Waals surface area contributed by atoms with Gasteiger partial charge >= 0.3 is 0 Å². The summed E-state index contributed by atoms with van der Waals surface area (Å²) in [6, 6.07) is 7.84. The first kappa shape index (κ1) is 16.4. The summed E-state index contributed by atoms with van der Waals surface area (Å²) in [7, 11) is 0. The van der Waals surface area contributed by atoms with Gasteiger partial charge in [-0.15, -0.1) is 0 Å². The average Bonchev–Trinajstić information content (AvgIpc) is 2.42. The maximum absolute atomic E-state index is 9.68. The van der Waals surface area contributed by atoms with Crippen molar-refractivity contribution in [1.29, 1.82) is 0 Å². The van der Waals surface area contributed by atoms with E-state index in [0.717, 1.165) is 37.4 Å². The van der Waals surface area contributed by atoms with Crippen molar-refractivity contribution in [2.45, 2.75) is 32.3 Å². The van der Waals surface area contributed by atoms with Gasteiger partial charge in [-0.2, -0.15) is 0 Å². The van der Waals surface area contributed by atoms with Gasteiger partial charge in [0, 0.05) is 18.2 Å². The van der Waals surface area contributed by atoms with E-state index >= 15 is 0 Å². The highest BCUT2D eigenvalue weighted by atomic mass is 35.5. The van der Waals surface area contributed by atoms with Crippen LogP contribution in [0, 0.1) is 0 Å². The van der Waals surface area contributed by atoms with E-state index in [1.807, 2.05) is 24.3 Å². The Labute approximate surface area is 120 Å². The Morgan fingerprint density at radius 2 is 2.05 bits per heavy atom. The lowest BCUT2D eigenvalue weighted by molar-refractivity contribution is 0.0361. The molecule has 0 amide bonds. The van der Waals surface area contributed by atoms with Gasteiger partial charge < -0.3 is 15.2 Å². The fraction of sp³-hybridized carbons (Fsp3) is 0.600. The standard InChI is InChI=1S/C15H24ClNO2/c1-2-3-10-19-12-15(18)11-17-9-8-13-4-6-14(16)7-5-13/h4-7,15,17-18H,2-3,8-12H2,1H3. The lowest BCUT2D eigenvalue weighted by Gasteiger charge is -2.12. The highest BCUT2D eigenvalue weighted by molar-refractivity contribution is 6.30. The molecular weight excluding hydrogens is 262 g/mol. The van der Waals surface area contributed by atoms with Gasteiger partial charge in [0.05, 0.1) is 12.7 Å². The van der Waals surface area contributed by atoms with Crippen LogP contribution in [0.5, 0.6) is 0 Å². The van der Waals surface area contributed by atoms with Gasteiger partial charge in [0.25, 0.3) is 0 Å². The lowest BCUT2D eigenvalue weighted by Crippen LogP contribution is -2.31. The van der Waals surface area contributed by atoms with E-state index in [-0.39, 0.29) is 0 Å². The summed E-state index contributed by atoms with van der Waals surface area (Å²) in [6.07, 6.45) is 2.68. The van der Waals surface area contributed by atoms with Crippen molar-refractivity contribution in [1.82, 2.24) is 5.32 Å². The molecule has 1 aromatic rings. The van der Waals surface area contributed by atoms with Crippen molar-refractivity contribution in [3.8, 4) is 0 Å². The van der Waals surface area contributed by atoms with Gasteiger partial charge in [-0.1, -0.05) is 37.1 Å². The molecule has 2 N–H and O–H groups in total. The van der Waals surface area contributed by atoms with E-state index in [2.05, 4.69) is 12.2 Å². The molecule has 0 fully saturated rings. The lowest BCUT2D eigenvalue weighted by atomic mass is 10.1. The second-order valence-electron chi connectivity index (χ2n) is 4.66. The van der Waals surface area contributed by atoms with Crippen LogP contribution in [0.4, 0.5) is 0 Å².